The minimum absolute atomic E-state index is 0.0680. The van der Waals surface area contributed by atoms with Crippen LogP contribution in [0.5, 0.6) is 0 Å². The Morgan fingerprint density at radius 2 is 1.52 bits per heavy atom. The maximum absolute atomic E-state index is 13.7. The van der Waals surface area contributed by atoms with E-state index in [1.54, 1.807) is 0 Å². The van der Waals surface area contributed by atoms with Crippen LogP contribution in [0.2, 0.25) is 5.02 Å². The van der Waals surface area contributed by atoms with Gasteiger partial charge in [0, 0.05) is 0 Å². The SMILES string of the molecule is CC(C)C(Nc1ccc(C(F)(F)F)cc1Cl)C(=O)OCc1c(F)c(F)c(F)c(F)c1F. The molecule has 170 valence electrons. The van der Waals surface area contributed by atoms with E-state index in [0.29, 0.717) is 12.1 Å². The molecular formula is C19H14ClF8NO2. The summed E-state index contributed by atoms with van der Waals surface area (Å²) in [5.41, 5.74) is -2.44. The fourth-order valence-electron chi connectivity index (χ4n) is 2.48. The highest BCUT2D eigenvalue weighted by molar-refractivity contribution is 6.33. The molecule has 1 atom stereocenters. The Labute approximate surface area is 175 Å². The number of halogens is 9. The van der Waals surface area contributed by atoms with E-state index in [1.807, 2.05) is 0 Å². The van der Waals surface area contributed by atoms with Crippen LogP contribution in [-0.2, 0) is 22.3 Å². The Morgan fingerprint density at radius 3 is 1.97 bits per heavy atom. The Hall–Kier alpha value is -2.56. The lowest BCUT2D eigenvalue weighted by atomic mass is 10.0. The van der Waals surface area contributed by atoms with E-state index in [-0.39, 0.29) is 10.7 Å². The number of carbonyl (C=O) groups excluding carboxylic acids is 1. The van der Waals surface area contributed by atoms with Crippen molar-refractivity contribution in [1.82, 2.24) is 0 Å². The van der Waals surface area contributed by atoms with Crippen LogP contribution in [0, 0.1) is 35.0 Å². The third kappa shape index (κ3) is 5.38. The first-order chi connectivity index (χ1) is 14.3. The fraction of sp³-hybridized carbons (Fsp3) is 0.316. The van der Waals surface area contributed by atoms with Gasteiger partial charge in [0.25, 0.3) is 0 Å². The van der Waals surface area contributed by atoms with Crippen molar-refractivity contribution in [2.75, 3.05) is 5.32 Å². The largest absolute Gasteiger partial charge is 0.459 e. The molecule has 2 rings (SSSR count). The molecule has 0 aliphatic heterocycles. The topological polar surface area (TPSA) is 38.3 Å². The Morgan fingerprint density at radius 1 is 1.00 bits per heavy atom. The van der Waals surface area contributed by atoms with E-state index >= 15 is 0 Å². The van der Waals surface area contributed by atoms with Crippen LogP contribution in [0.4, 0.5) is 40.8 Å². The van der Waals surface area contributed by atoms with Gasteiger partial charge in [-0.15, -0.1) is 0 Å². The molecule has 31 heavy (non-hydrogen) atoms. The monoisotopic (exact) mass is 475 g/mol. The van der Waals surface area contributed by atoms with Crippen LogP contribution in [-0.4, -0.2) is 12.0 Å². The molecule has 0 amide bonds. The first-order valence-electron chi connectivity index (χ1n) is 8.55. The molecule has 0 spiro atoms. The quantitative estimate of drug-likeness (QED) is 0.233. The summed E-state index contributed by atoms with van der Waals surface area (Å²) in [6, 6.07) is 1.04. The first-order valence-corrected chi connectivity index (χ1v) is 8.93. The van der Waals surface area contributed by atoms with Crippen molar-refractivity contribution in [1.29, 1.82) is 0 Å². The van der Waals surface area contributed by atoms with Crippen LogP contribution in [0.1, 0.15) is 25.0 Å². The number of benzene rings is 2. The summed E-state index contributed by atoms with van der Waals surface area (Å²) in [7, 11) is 0. The van der Waals surface area contributed by atoms with E-state index in [9.17, 15) is 39.9 Å². The molecule has 2 aromatic carbocycles. The number of anilines is 1. The van der Waals surface area contributed by atoms with Gasteiger partial charge >= 0.3 is 12.1 Å². The number of esters is 1. The van der Waals surface area contributed by atoms with Crippen molar-refractivity contribution in [2.24, 2.45) is 5.92 Å². The Bertz CT molecular complexity index is 965. The zero-order valence-electron chi connectivity index (χ0n) is 15.8. The molecule has 1 N–H and O–H groups in total. The van der Waals surface area contributed by atoms with Crippen molar-refractivity contribution < 1.29 is 44.7 Å². The van der Waals surface area contributed by atoms with Gasteiger partial charge in [0.2, 0.25) is 5.82 Å². The third-order valence-corrected chi connectivity index (χ3v) is 4.50. The van der Waals surface area contributed by atoms with Crippen molar-refractivity contribution in [3.63, 3.8) is 0 Å². The van der Waals surface area contributed by atoms with Crippen molar-refractivity contribution in [2.45, 2.75) is 32.7 Å². The molecule has 0 aliphatic rings. The molecule has 0 heterocycles. The Kier molecular flexibility index (Phi) is 7.40. The number of alkyl halides is 3. The standard InChI is InChI=1S/C19H14ClF8NO2/c1-7(2)17(29-11-4-3-8(5-10(11)20)19(26,27)28)18(30)31-6-9-12(21)14(23)16(25)15(24)13(9)22/h3-5,7,17,29H,6H2,1-2H3. The lowest BCUT2D eigenvalue weighted by Crippen LogP contribution is -2.36. The molecule has 0 fully saturated rings. The van der Waals surface area contributed by atoms with Crippen LogP contribution < -0.4 is 5.32 Å². The van der Waals surface area contributed by atoms with Crippen molar-refractivity contribution >= 4 is 23.3 Å². The normalized spacial score (nSPS) is 12.8. The van der Waals surface area contributed by atoms with Gasteiger partial charge in [0.1, 0.15) is 12.6 Å². The highest BCUT2D eigenvalue weighted by Gasteiger charge is 2.32. The molecular weight excluding hydrogens is 462 g/mol. The predicted octanol–water partition coefficient (Wildman–Crippen LogP) is 6.23. The van der Waals surface area contributed by atoms with Gasteiger partial charge in [-0.3, -0.25) is 0 Å². The van der Waals surface area contributed by atoms with Crippen LogP contribution in [0.15, 0.2) is 18.2 Å². The van der Waals surface area contributed by atoms with Crippen LogP contribution in [0.3, 0.4) is 0 Å². The first kappa shape index (κ1) is 24.7. The number of carbonyl (C=O) groups is 1. The van der Waals surface area contributed by atoms with Gasteiger partial charge in [0.05, 0.1) is 21.8 Å². The van der Waals surface area contributed by atoms with E-state index in [0.717, 1.165) is 6.07 Å². The van der Waals surface area contributed by atoms with Gasteiger partial charge in [-0.2, -0.15) is 13.2 Å². The van der Waals surface area contributed by atoms with E-state index < -0.39 is 70.9 Å². The lowest BCUT2D eigenvalue weighted by Gasteiger charge is -2.23. The maximum atomic E-state index is 13.7. The molecule has 0 bridgehead atoms. The average Bonchev–Trinajstić information content (AvgIpc) is 2.68. The smallest absolute Gasteiger partial charge is 0.416 e. The number of ether oxygens (including phenoxy) is 1. The highest BCUT2D eigenvalue weighted by atomic mass is 35.5. The summed E-state index contributed by atoms with van der Waals surface area (Å²) in [5, 5.41) is 2.19. The summed E-state index contributed by atoms with van der Waals surface area (Å²) in [6.45, 7) is 1.75. The summed E-state index contributed by atoms with van der Waals surface area (Å²) >= 11 is 5.82. The van der Waals surface area contributed by atoms with E-state index in [4.69, 9.17) is 16.3 Å². The molecule has 1 unspecified atom stereocenters. The summed E-state index contributed by atoms with van der Waals surface area (Å²) in [6.07, 6.45) is -4.65. The minimum atomic E-state index is -4.65. The molecule has 3 nitrogen and oxygen atoms in total. The van der Waals surface area contributed by atoms with Crippen molar-refractivity contribution in [3.8, 4) is 0 Å². The fourth-order valence-corrected chi connectivity index (χ4v) is 2.72. The van der Waals surface area contributed by atoms with Gasteiger partial charge in [-0.1, -0.05) is 25.4 Å². The highest BCUT2D eigenvalue weighted by Crippen LogP contribution is 2.34. The molecule has 0 aromatic heterocycles. The molecule has 12 heteroatoms. The molecule has 0 aliphatic carbocycles. The maximum Gasteiger partial charge on any atom is 0.416 e. The van der Waals surface area contributed by atoms with Crippen LogP contribution in [0.25, 0.3) is 0 Å². The summed E-state index contributed by atoms with van der Waals surface area (Å²) in [5.74, 6) is -12.8. The second-order valence-electron chi connectivity index (χ2n) is 6.71. The van der Waals surface area contributed by atoms with E-state index in [2.05, 4.69) is 5.32 Å². The predicted molar refractivity (Wildman–Crippen MR) is 94.7 cm³/mol. The zero-order chi connectivity index (χ0) is 23.7. The van der Waals surface area contributed by atoms with Gasteiger partial charge in [-0.05, 0) is 24.1 Å². The second kappa shape index (κ2) is 9.29. The zero-order valence-corrected chi connectivity index (χ0v) is 16.6. The summed E-state index contributed by atoms with van der Waals surface area (Å²) in [4.78, 5) is 12.3. The number of nitrogens with one attached hydrogen (secondary N) is 1. The van der Waals surface area contributed by atoms with E-state index in [1.165, 1.54) is 13.8 Å². The number of hydrogen-bond acceptors (Lipinski definition) is 3. The summed E-state index contributed by atoms with van der Waals surface area (Å²) < 4.78 is 110. The lowest BCUT2D eigenvalue weighted by molar-refractivity contribution is -0.147. The number of rotatable bonds is 6. The molecule has 0 saturated carbocycles. The third-order valence-electron chi connectivity index (χ3n) is 4.19. The van der Waals surface area contributed by atoms with Crippen molar-refractivity contribution in [3.05, 3.63) is 63.4 Å². The van der Waals surface area contributed by atoms with Crippen LogP contribution >= 0.6 is 11.6 Å². The second-order valence-corrected chi connectivity index (χ2v) is 7.12. The van der Waals surface area contributed by atoms with Gasteiger partial charge < -0.3 is 10.1 Å². The number of hydrogen-bond donors (Lipinski definition) is 1. The van der Waals surface area contributed by atoms with Gasteiger partial charge in [-0.25, -0.2) is 26.7 Å². The van der Waals surface area contributed by atoms with Gasteiger partial charge in [0.15, 0.2) is 23.3 Å². The molecule has 0 radical (unpaired) electrons. The molecule has 0 saturated heterocycles. The molecule has 2 aromatic rings. The Balaban J connectivity index is 2.22. The minimum Gasteiger partial charge on any atom is -0.459 e. The average molecular weight is 476 g/mol.